The van der Waals surface area contributed by atoms with Crippen LogP contribution in [0.15, 0.2) is 46.0 Å². The molecule has 1 fully saturated rings. The quantitative estimate of drug-likeness (QED) is 0.366. The van der Waals surface area contributed by atoms with Crippen LogP contribution in [0.25, 0.3) is 0 Å². The van der Waals surface area contributed by atoms with E-state index >= 15 is 0 Å². The number of halogens is 1. The van der Waals surface area contributed by atoms with Crippen molar-refractivity contribution in [2.24, 2.45) is 5.10 Å². The molecule has 0 radical (unpaired) electrons. The SMILES string of the molecule is CCOc1cc(/C=N\NC(=O)CN2CCOCC2)cc(Br)c1OCc1ccc(C(=O)O)cc1. The Hall–Kier alpha value is -2.95. The van der Waals surface area contributed by atoms with Crippen LogP contribution in [-0.2, 0) is 16.1 Å². The number of carboxylic acids is 1. The van der Waals surface area contributed by atoms with E-state index in [4.69, 9.17) is 19.3 Å². The third kappa shape index (κ3) is 7.55. The molecule has 2 N–H and O–H groups in total. The molecule has 9 nitrogen and oxygen atoms in total. The predicted octanol–water partition coefficient (Wildman–Crippen LogP) is 2.91. The second kappa shape index (κ2) is 12.3. The highest BCUT2D eigenvalue weighted by atomic mass is 79.9. The first-order valence-corrected chi connectivity index (χ1v) is 11.3. The van der Waals surface area contributed by atoms with Crippen LogP contribution in [0.1, 0.15) is 28.4 Å². The molecule has 2 aromatic rings. The number of carbonyl (C=O) groups excluding carboxylic acids is 1. The molecule has 10 heteroatoms. The van der Waals surface area contributed by atoms with Crippen molar-refractivity contribution in [3.05, 3.63) is 57.6 Å². The summed E-state index contributed by atoms with van der Waals surface area (Å²) in [5, 5.41) is 13.1. The van der Waals surface area contributed by atoms with E-state index in [1.54, 1.807) is 24.4 Å². The zero-order chi connectivity index (χ0) is 23.6. The zero-order valence-electron chi connectivity index (χ0n) is 18.3. The first-order valence-electron chi connectivity index (χ1n) is 10.5. The number of carboxylic acid groups (broad SMARTS) is 1. The lowest BCUT2D eigenvalue weighted by atomic mass is 10.1. The van der Waals surface area contributed by atoms with Crippen LogP contribution in [0.2, 0.25) is 0 Å². The van der Waals surface area contributed by atoms with Gasteiger partial charge in [-0.25, -0.2) is 10.2 Å². The third-order valence-electron chi connectivity index (χ3n) is 4.79. The van der Waals surface area contributed by atoms with Gasteiger partial charge in [-0.15, -0.1) is 0 Å². The van der Waals surface area contributed by atoms with E-state index in [0.717, 1.165) is 24.2 Å². The third-order valence-corrected chi connectivity index (χ3v) is 5.38. The number of hydrazone groups is 1. The average Bonchev–Trinajstić information content (AvgIpc) is 2.79. The van der Waals surface area contributed by atoms with Gasteiger partial charge in [-0.1, -0.05) is 12.1 Å². The van der Waals surface area contributed by atoms with Gasteiger partial charge in [0.05, 0.1) is 42.6 Å². The van der Waals surface area contributed by atoms with Gasteiger partial charge in [-0.3, -0.25) is 9.69 Å². The summed E-state index contributed by atoms with van der Waals surface area (Å²) < 4.78 is 17.6. The highest BCUT2D eigenvalue weighted by Crippen LogP contribution is 2.37. The molecule has 1 heterocycles. The molecule has 1 amide bonds. The maximum Gasteiger partial charge on any atom is 0.335 e. The highest BCUT2D eigenvalue weighted by molar-refractivity contribution is 9.10. The molecule has 1 saturated heterocycles. The summed E-state index contributed by atoms with van der Waals surface area (Å²) in [6.07, 6.45) is 1.54. The molecule has 0 bridgehead atoms. The molecule has 33 heavy (non-hydrogen) atoms. The van der Waals surface area contributed by atoms with Crippen LogP contribution in [0.4, 0.5) is 0 Å². The smallest absolute Gasteiger partial charge is 0.335 e. The Bertz CT molecular complexity index is 990. The van der Waals surface area contributed by atoms with Crippen molar-refractivity contribution in [3.63, 3.8) is 0 Å². The van der Waals surface area contributed by atoms with Gasteiger partial charge in [0.25, 0.3) is 5.91 Å². The van der Waals surface area contributed by atoms with Crippen LogP contribution >= 0.6 is 15.9 Å². The summed E-state index contributed by atoms with van der Waals surface area (Å²) in [7, 11) is 0. The summed E-state index contributed by atoms with van der Waals surface area (Å²) in [6.45, 7) is 5.54. The monoisotopic (exact) mass is 519 g/mol. The molecular formula is C23H26BrN3O6. The highest BCUT2D eigenvalue weighted by Gasteiger charge is 2.14. The van der Waals surface area contributed by atoms with Crippen molar-refractivity contribution in [3.8, 4) is 11.5 Å². The van der Waals surface area contributed by atoms with E-state index in [1.165, 1.54) is 12.1 Å². The standard InChI is InChI=1S/C23H26BrN3O6/c1-2-32-20-12-17(13-25-26-21(28)14-27-7-9-31-10-8-27)11-19(24)22(20)33-15-16-3-5-18(6-4-16)23(29)30/h3-6,11-13H,2,7-10,14-15H2,1H3,(H,26,28)(H,29,30)/b25-13-. The Balaban J connectivity index is 1.62. The summed E-state index contributed by atoms with van der Waals surface area (Å²) in [5.41, 5.74) is 4.30. The molecule has 0 saturated carbocycles. The van der Waals surface area contributed by atoms with Gasteiger partial charge in [0, 0.05) is 13.1 Å². The predicted molar refractivity (Wildman–Crippen MR) is 126 cm³/mol. The average molecular weight is 520 g/mol. The van der Waals surface area contributed by atoms with Gasteiger partial charge in [-0.2, -0.15) is 5.10 Å². The second-order valence-corrected chi connectivity index (χ2v) is 8.09. The van der Waals surface area contributed by atoms with Gasteiger partial charge >= 0.3 is 5.97 Å². The van der Waals surface area contributed by atoms with Gasteiger partial charge in [-0.05, 0) is 58.2 Å². The van der Waals surface area contributed by atoms with Crippen LogP contribution in [0.3, 0.4) is 0 Å². The zero-order valence-corrected chi connectivity index (χ0v) is 19.8. The first kappa shape index (κ1) is 24.7. The molecule has 1 aliphatic rings. The molecule has 0 unspecified atom stereocenters. The minimum atomic E-state index is -0.974. The lowest BCUT2D eigenvalue weighted by Gasteiger charge is -2.25. The van der Waals surface area contributed by atoms with Gasteiger partial charge in [0.2, 0.25) is 0 Å². The van der Waals surface area contributed by atoms with Crippen molar-refractivity contribution >= 4 is 34.0 Å². The Kier molecular flexibility index (Phi) is 9.23. The van der Waals surface area contributed by atoms with Crippen molar-refractivity contribution in [2.45, 2.75) is 13.5 Å². The van der Waals surface area contributed by atoms with Crippen molar-refractivity contribution in [1.29, 1.82) is 0 Å². The molecular weight excluding hydrogens is 494 g/mol. The Morgan fingerprint density at radius 3 is 2.61 bits per heavy atom. The van der Waals surface area contributed by atoms with Gasteiger partial charge in [0.15, 0.2) is 11.5 Å². The van der Waals surface area contributed by atoms with E-state index in [0.29, 0.717) is 35.8 Å². The minimum absolute atomic E-state index is 0.189. The van der Waals surface area contributed by atoms with Crippen molar-refractivity contribution in [1.82, 2.24) is 10.3 Å². The summed E-state index contributed by atoms with van der Waals surface area (Å²) in [6, 6.07) is 10.1. The molecule has 3 rings (SSSR count). The van der Waals surface area contributed by atoms with E-state index in [2.05, 4.69) is 26.5 Å². The van der Waals surface area contributed by atoms with Gasteiger partial charge < -0.3 is 19.3 Å². The first-order chi connectivity index (χ1) is 16.0. The number of hydrogen-bond donors (Lipinski definition) is 2. The molecule has 0 spiro atoms. The van der Waals surface area contributed by atoms with E-state index in [1.807, 2.05) is 17.9 Å². The second-order valence-electron chi connectivity index (χ2n) is 7.24. The molecule has 176 valence electrons. The van der Waals surface area contributed by atoms with Gasteiger partial charge in [0.1, 0.15) is 6.61 Å². The normalized spacial score (nSPS) is 14.2. The number of nitrogens with one attached hydrogen (secondary N) is 1. The van der Waals surface area contributed by atoms with E-state index in [-0.39, 0.29) is 24.6 Å². The number of amides is 1. The molecule has 1 aliphatic heterocycles. The summed E-state index contributed by atoms with van der Waals surface area (Å²) >= 11 is 3.51. The van der Waals surface area contributed by atoms with E-state index in [9.17, 15) is 9.59 Å². The lowest BCUT2D eigenvalue weighted by Crippen LogP contribution is -2.42. The van der Waals surface area contributed by atoms with Crippen LogP contribution in [0, 0.1) is 0 Å². The fourth-order valence-corrected chi connectivity index (χ4v) is 3.72. The molecule has 2 aromatic carbocycles. The number of carbonyl (C=O) groups is 2. The number of nitrogens with zero attached hydrogens (tertiary/aromatic N) is 2. The minimum Gasteiger partial charge on any atom is -0.490 e. The molecule has 0 atom stereocenters. The number of ether oxygens (including phenoxy) is 3. The summed E-state index contributed by atoms with van der Waals surface area (Å²) in [4.78, 5) is 25.1. The van der Waals surface area contributed by atoms with Crippen molar-refractivity contribution < 1.29 is 28.9 Å². The number of hydrogen-bond acceptors (Lipinski definition) is 7. The topological polar surface area (TPSA) is 110 Å². The summed E-state index contributed by atoms with van der Waals surface area (Å²) in [5.74, 6) is -0.118. The fraction of sp³-hybridized carbons (Fsp3) is 0.348. The Labute approximate surface area is 200 Å². The molecule has 0 aliphatic carbocycles. The van der Waals surface area contributed by atoms with Crippen molar-refractivity contribution in [2.75, 3.05) is 39.5 Å². The maximum atomic E-state index is 12.1. The lowest BCUT2D eigenvalue weighted by molar-refractivity contribution is -0.123. The number of morpholine rings is 1. The van der Waals surface area contributed by atoms with Crippen LogP contribution in [0.5, 0.6) is 11.5 Å². The maximum absolute atomic E-state index is 12.1. The fourth-order valence-electron chi connectivity index (χ4n) is 3.14. The number of rotatable bonds is 10. The number of aromatic carboxylic acids is 1. The van der Waals surface area contributed by atoms with Crippen LogP contribution in [-0.4, -0.2) is 67.6 Å². The Morgan fingerprint density at radius 1 is 1.21 bits per heavy atom. The van der Waals surface area contributed by atoms with E-state index < -0.39 is 5.97 Å². The molecule has 0 aromatic heterocycles. The Morgan fingerprint density at radius 2 is 1.94 bits per heavy atom. The number of benzene rings is 2. The largest absolute Gasteiger partial charge is 0.490 e. The van der Waals surface area contributed by atoms with Crippen LogP contribution < -0.4 is 14.9 Å².